The van der Waals surface area contributed by atoms with Gasteiger partial charge in [-0.2, -0.15) is 0 Å². The van der Waals surface area contributed by atoms with E-state index in [9.17, 15) is 9.90 Å². The SMILES string of the molecule is CC(C)C/C(O)=C/C(=O)c1ccccc1.[Ce+4]. The number of allylic oxidation sites excluding steroid dienone is 2. The Balaban J connectivity index is 0.00000225. The molecule has 0 bridgehead atoms. The van der Waals surface area contributed by atoms with Crippen molar-refractivity contribution in [1.82, 2.24) is 0 Å². The van der Waals surface area contributed by atoms with Crippen molar-refractivity contribution in [3.63, 3.8) is 0 Å². The molecule has 2 nitrogen and oxygen atoms in total. The van der Waals surface area contributed by atoms with E-state index in [0.29, 0.717) is 17.9 Å². The minimum atomic E-state index is -0.145. The van der Waals surface area contributed by atoms with Crippen molar-refractivity contribution in [2.75, 3.05) is 0 Å². The van der Waals surface area contributed by atoms with Crippen molar-refractivity contribution in [3.8, 4) is 0 Å². The predicted molar refractivity (Wildman–Crippen MR) is 60.9 cm³/mol. The molecule has 16 heavy (non-hydrogen) atoms. The Morgan fingerprint density at radius 2 is 1.88 bits per heavy atom. The van der Waals surface area contributed by atoms with Crippen molar-refractivity contribution in [3.05, 3.63) is 47.7 Å². The predicted octanol–water partition coefficient (Wildman–Crippen LogP) is 3.36. The molecule has 0 amide bonds. The van der Waals surface area contributed by atoms with Crippen molar-refractivity contribution >= 4 is 5.78 Å². The van der Waals surface area contributed by atoms with Gasteiger partial charge in [0.1, 0.15) is 0 Å². The zero-order valence-electron chi connectivity index (χ0n) is 9.60. The largest absolute Gasteiger partial charge is 4.00 e. The van der Waals surface area contributed by atoms with E-state index in [1.54, 1.807) is 24.3 Å². The van der Waals surface area contributed by atoms with Crippen LogP contribution < -0.4 is 0 Å². The zero-order valence-corrected chi connectivity index (χ0v) is 12.7. The Bertz CT molecular complexity index is 355. The third kappa shape index (κ3) is 5.77. The van der Waals surface area contributed by atoms with Gasteiger partial charge in [0.2, 0.25) is 0 Å². The summed E-state index contributed by atoms with van der Waals surface area (Å²) in [6, 6.07) is 8.94. The molecule has 0 spiro atoms. The molecule has 0 fully saturated rings. The van der Waals surface area contributed by atoms with E-state index in [4.69, 9.17) is 0 Å². The van der Waals surface area contributed by atoms with E-state index in [-0.39, 0.29) is 53.3 Å². The quantitative estimate of drug-likeness (QED) is 0.517. The number of hydrogen-bond acceptors (Lipinski definition) is 2. The average Bonchev–Trinajstić information content (AvgIpc) is 2.17. The Morgan fingerprint density at radius 3 is 2.38 bits per heavy atom. The molecule has 1 N–H and O–H groups in total. The zero-order chi connectivity index (χ0) is 11.3. The van der Waals surface area contributed by atoms with Gasteiger partial charge in [0.25, 0.3) is 0 Å². The number of benzene rings is 1. The van der Waals surface area contributed by atoms with Gasteiger partial charge in [0.15, 0.2) is 5.78 Å². The molecule has 0 aliphatic heterocycles. The van der Waals surface area contributed by atoms with Crippen LogP contribution in [0.15, 0.2) is 42.2 Å². The molecule has 0 unspecified atom stereocenters. The summed E-state index contributed by atoms with van der Waals surface area (Å²) in [5.41, 5.74) is 0.604. The van der Waals surface area contributed by atoms with Crippen LogP contribution in [0.5, 0.6) is 0 Å². The third-order valence-electron chi connectivity index (χ3n) is 1.97. The van der Waals surface area contributed by atoms with Crippen LogP contribution in [0.1, 0.15) is 30.6 Å². The fourth-order valence-electron chi connectivity index (χ4n) is 1.31. The van der Waals surface area contributed by atoms with Crippen LogP contribution >= 0.6 is 0 Å². The second-order valence-corrected chi connectivity index (χ2v) is 3.96. The van der Waals surface area contributed by atoms with Gasteiger partial charge in [-0.1, -0.05) is 44.2 Å². The van der Waals surface area contributed by atoms with Gasteiger partial charge in [0.05, 0.1) is 5.76 Å². The van der Waals surface area contributed by atoms with Crippen LogP contribution in [0.25, 0.3) is 0 Å². The molecule has 0 heterocycles. The van der Waals surface area contributed by atoms with E-state index in [2.05, 4.69) is 0 Å². The maximum atomic E-state index is 11.6. The van der Waals surface area contributed by atoms with Crippen molar-refractivity contribution in [2.45, 2.75) is 20.3 Å². The number of aliphatic hydroxyl groups is 1. The van der Waals surface area contributed by atoms with Gasteiger partial charge in [-0.15, -0.1) is 0 Å². The van der Waals surface area contributed by atoms with E-state index in [1.807, 2.05) is 19.9 Å². The van der Waals surface area contributed by atoms with Crippen LogP contribution in [0.2, 0.25) is 0 Å². The molecule has 0 aliphatic carbocycles. The van der Waals surface area contributed by atoms with E-state index < -0.39 is 0 Å². The number of ketones is 1. The number of carbonyl (C=O) groups excluding carboxylic acids is 1. The first-order valence-corrected chi connectivity index (χ1v) is 5.08. The van der Waals surface area contributed by atoms with Crippen LogP contribution in [0.4, 0.5) is 0 Å². The Kier molecular flexibility index (Phi) is 7.88. The number of carbonyl (C=O) groups is 1. The third-order valence-corrected chi connectivity index (χ3v) is 1.97. The van der Waals surface area contributed by atoms with Crippen LogP contribution in [0.3, 0.4) is 0 Å². The summed E-state index contributed by atoms with van der Waals surface area (Å²) >= 11 is 0. The molecule has 0 aromatic heterocycles. The first-order chi connectivity index (χ1) is 7.09. The molecule has 1 aromatic carbocycles. The molecular weight excluding hydrogens is 328 g/mol. The molecule has 0 radical (unpaired) electrons. The maximum absolute atomic E-state index is 11.6. The second kappa shape index (κ2) is 7.98. The van der Waals surface area contributed by atoms with Gasteiger partial charge in [0, 0.05) is 18.1 Å². The summed E-state index contributed by atoms with van der Waals surface area (Å²) in [7, 11) is 0. The van der Waals surface area contributed by atoms with Gasteiger partial charge >= 0.3 is 41.7 Å². The summed E-state index contributed by atoms with van der Waals surface area (Å²) in [5.74, 6) is 0.359. The van der Waals surface area contributed by atoms with Crippen molar-refractivity contribution in [1.29, 1.82) is 0 Å². The van der Waals surface area contributed by atoms with Gasteiger partial charge in [-0.05, 0) is 5.92 Å². The molecule has 3 heteroatoms. The summed E-state index contributed by atoms with van der Waals surface area (Å²) in [6.07, 6.45) is 1.84. The van der Waals surface area contributed by atoms with Crippen LogP contribution in [0, 0.1) is 47.7 Å². The molecule has 0 saturated carbocycles. The van der Waals surface area contributed by atoms with Gasteiger partial charge in [-0.3, -0.25) is 4.79 Å². The molecule has 0 aliphatic rings. The molecule has 0 atom stereocenters. The Labute approximate surface area is 130 Å². The minimum absolute atomic E-state index is 0. The first kappa shape index (κ1) is 15.8. The first-order valence-electron chi connectivity index (χ1n) is 5.08. The summed E-state index contributed by atoms with van der Waals surface area (Å²) in [5, 5.41) is 9.49. The fourth-order valence-corrected chi connectivity index (χ4v) is 1.31. The van der Waals surface area contributed by atoms with Crippen LogP contribution in [-0.4, -0.2) is 10.9 Å². The summed E-state index contributed by atoms with van der Waals surface area (Å²) in [6.45, 7) is 3.99. The van der Waals surface area contributed by atoms with Gasteiger partial charge in [-0.25, -0.2) is 0 Å². The second-order valence-electron chi connectivity index (χ2n) is 3.96. The maximum Gasteiger partial charge on any atom is 4.00 e. The summed E-state index contributed by atoms with van der Waals surface area (Å²) < 4.78 is 0. The minimum Gasteiger partial charge on any atom is -0.512 e. The van der Waals surface area contributed by atoms with Crippen LogP contribution in [-0.2, 0) is 0 Å². The molecule has 0 saturated heterocycles. The topological polar surface area (TPSA) is 37.3 Å². The molecule has 80 valence electrons. The molecule has 1 rings (SSSR count). The molecule has 1 aromatic rings. The number of hydrogen-bond donors (Lipinski definition) is 1. The molecular formula is C13H16CeO2+4. The van der Waals surface area contributed by atoms with E-state index in [0.717, 1.165) is 0 Å². The Hall–Kier alpha value is -0.193. The Morgan fingerprint density at radius 1 is 1.31 bits per heavy atom. The van der Waals surface area contributed by atoms with Crippen molar-refractivity contribution in [2.24, 2.45) is 5.92 Å². The van der Waals surface area contributed by atoms with E-state index in [1.165, 1.54) is 6.08 Å². The normalized spacial score (nSPS) is 11.1. The van der Waals surface area contributed by atoms with E-state index >= 15 is 0 Å². The monoisotopic (exact) mass is 344 g/mol. The average molecular weight is 344 g/mol. The smallest absolute Gasteiger partial charge is 0.512 e. The fraction of sp³-hybridized carbons (Fsp3) is 0.308. The van der Waals surface area contributed by atoms with Gasteiger partial charge < -0.3 is 5.11 Å². The number of aliphatic hydroxyl groups excluding tert-OH is 1. The number of rotatable bonds is 4. The van der Waals surface area contributed by atoms with Crippen molar-refractivity contribution < 1.29 is 51.6 Å². The standard InChI is InChI=1S/C13H16O2.Ce/c1-10(2)8-12(14)9-13(15)11-6-4-3-5-7-11;/h3-7,9-10,14H,8H2,1-2H3;/q;+4/b12-9-;. The summed E-state index contributed by atoms with van der Waals surface area (Å²) in [4.78, 5) is 11.6.